The highest BCUT2D eigenvalue weighted by Gasteiger charge is 2.47. The van der Waals surface area contributed by atoms with Gasteiger partial charge in [-0.3, -0.25) is 0 Å². The minimum atomic E-state index is -0.929. The summed E-state index contributed by atoms with van der Waals surface area (Å²) >= 11 is 0. The predicted octanol–water partition coefficient (Wildman–Crippen LogP) is 4.39. The molecular weight excluding hydrogens is 378 g/mol. The van der Waals surface area contributed by atoms with E-state index in [1.165, 1.54) is 10.5 Å². The van der Waals surface area contributed by atoms with Crippen molar-refractivity contribution in [3.63, 3.8) is 0 Å². The number of rotatable bonds is 5. The van der Waals surface area contributed by atoms with Crippen LogP contribution in [0.25, 0.3) is 11.1 Å². The first-order valence-corrected chi connectivity index (χ1v) is 10.5. The summed E-state index contributed by atoms with van der Waals surface area (Å²) in [7, 11) is 3.86. The molecule has 0 bridgehead atoms. The SMILES string of the molecule is CCN(C(=O)O)C1C[C@H](C)[N@+](C)(C(C)=O)c2ccc(-c3ccc(CNC)cc3)cc21. The molecule has 0 aliphatic carbocycles. The molecule has 6 heteroatoms. The third-order valence-electron chi connectivity index (χ3n) is 6.62. The van der Waals surface area contributed by atoms with E-state index in [4.69, 9.17) is 0 Å². The van der Waals surface area contributed by atoms with Gasteiger partial charge in [-0.05, 0) is 49.7 Å². The van der Waals surface area contributed by atoms with Gasteiger partial charge in [0.15, 0.2) is 0 Å². The van der Waals surface area contributed by atoms with Crippen molar-refractivity contribution in [2.75, 3.05) is 20.6 Å². The van der Waals surface area contributed by atoms with Gasteiger partial charge >= 0.3 is 12.0 Å². The van der Waals surface area contributed by atoms with Crippen molar-refractivity contribution in [2.24, 2.45) is 0 Å². The first-order chi connectivity index (χ1) is 14.2. The van der Waals surface area contributed by atoms with Crippen LogP contribution in [0.5, 0.6) is 0 Å². The van der Waals surface area contributed by atoms with Gasteiger partial charge in [0, 0.05) is 31.1 Å². The third-order valence-corrected chi connectivity index (χ3v) is 6.62. The summed E-state index contributed by atoms with van der Waals surface area (Å²) in [5.74, 6) is 0.0599. The molecule has 0 radical (unpaired) electrons. The molecule has 1 aliphatic heterocycles. The van der Waals surface area contributed by atoms with Crippen molar-refractivity contribution in [3.05, 3.63) is 53.6 Å². The van der Waals surface area contributed by atoms with Crippen LogP contribution >= 0.6 is 0 Å². The molecule has 2 aromatic rings. The highest BCUT2D eigenvalue weighted by Crippen LogP contribution is 2.45. The molecule has 160 valence electrons. The van der Waals surface area contributed by atoms with Crippen LogP contribution < -0.4 is 9.80 Å². The van der Waals surface area contributed by atoms with Crippen molar-refractivity contribution in [2.45, 2.75) is 45.8 Å². The van der Waals surface area contributed by atoms with Crippen LogP contribution in [0.4, 0.5) is 10.5 Å². The van der Waals surface area contributed by atoms with Crippen LogP contribution in [0.15, 0.2) is 42.5 Å². The Bertz CT molecular complexity index is 941. The molecular formula is C24H32N3O3+. The van der Waals surface area contributed by atoms with Crippen molar-refractivity contribution in [3.8, 4) is 11.1 Å². The maximum atomic E-state index is 12.7. The van der Waals surface area contributed by atoms with E-state index in [0.29, 0.717) is 13.0 Å². The van der Waals surface area contributed by atoms with Crippen LogP contribution in [0.1, 0.15) is 44.4 Å². The molecule has 1 aliphatic rings. The Hall–Kier alpha value is -2.70. The Morgan fingerprint density at radius 2 is 1.80 bits per heavy atom. The van der Waals surface area contributed by atoms with Crippen LogP contribution in [0.2, 0.25) is 0 Å². The fraction of sp³-hybridized carbons (Fsp3) is 0.417. The molecule has 0 saturated heterocycles. The molecule has 1 heterocycles. The number of amides is 2. The minimum Gasteiger partial charge on any atom is -0.465 e. The normalized spacial score (nSPS) is 23.0. The van der Waals surface area contributed by atoms with Crippen LogP contribution in [0, 0.1) is 0 Å². The lowest BCUT2D eigenvalue weighted by molar-refractivity contribution is -0.129. The molecule has 2 N–H and O–H groups in total. The molecule has 0 saturated carbocycles. The Morgan fingerprint density at radius 3 is 2.33 bits per heavy atom. The summed E-state index contributed by atoms with van der Waals surface area (Å²) < 4.78 is 0.185. The number of hydrogen-bond acceptors (Lipinski definition) is 3. The van der Waals surface area contributed by atoms with Gasteiger partial charge in [-0.1, -0.05) is 24.3 Å². The minimum absolute atomic E-state index is 0.0138. The van der Waals surface area contributed by atoms with E-state index in [-0.39, 0.29) is 22.5 Å². The highest BCUT2D eigenvalue weighted by atomic mass is 16.4. The Balaban J connectivity index is 2.14. The lowest BCUT2D eigenvalue weighted by atomic mass is 9.86. The standard InChI is InChI=1S/C24H31N3O3/c1-6-26(24(29)30)22-13-16(2)27(5,17(3)28)23-12-11-20(14-21(22)23)19-9-7-18(8-10-19)15-25-4/h7-12,14,16,22,25H,6,13,15H2,1-5H3/p+1/t16-,22?,27+/m0/s1. The second-order valence-corrected chi connectivity index (χ2v) is 8.26. The molecule has 2 amide bonds. The van der Waals surface area contributed by atoms with E-state index in [1.54, 1.807) is 6.92 Å². The zero-order chi connectivity index (χ0) is 22.1. The van der Waals surface area contributed by atoms with Crippen LogP contribution in [-0.2, 0) is 11.3 Å². The smallest absolute Gasteiger partial charge is 0.407 e. The largest absolute Gasteiger partial charge is 0.465 e. The predicted molar refractivity (Wildman–Crippen MR) is 120 cm³/mol. The number of fused-ring (bicyclic) bond motifs is 1. The van der Waals surface area contributed by atoms with Gasteiger partial charge in [0.2, 0.25) is 0 Å². The number of hydrogen-bond donors (Lipinski definition) is 2. The topological polar surface area (TPSA) is 69.6 Å². The van der Waals surface area contributed by atoms with Crippen molar-refractivity contribution in [1.82, 2.24) is 14.7 Å². The molecule has 0 spiro atoms. The second kappa shape index (κ2) is 8.58. The fourth-order valence-corrected chi connectivity index (χ4v) is 4.61. The van der Waals surface area contributed by atoms with Crippen molar-refractivity contribution < 1.29 is 14.7 Å². The fourth-order valence-electron chi connectivity index (χ4n) is 4.61. The van der Waals surface area contributed by atoms with E-state index in [2.05, 4.69) is 35.6 Å². The Kier molecular flexibility index (Phi) is 6.29. The van der Waals surface area contributed by atoms with Gasteiger partial charge in [0.1, 0.15) is 5.69 Å². The Morgan fingerprint density at radius 1 is 1.17 bits per heavy atom. The van der Waals surface area contributed by atoms with Gasteiger partial charge in [-0.2, -0.15) is 0 Å². The van der Waals surface area contributed by atoms with Gasteiger partial charge < -0.3 is 15.3 Å². The summed E-state index contributed by atoms with van der Waals surface area (Å²) in [6, 6.07) is 14.2. The first kappa shape index (κ1) is 22.0. The molecule has 3 rings (SSSR count). The number of carboxylic acid groups (broad SMARTS) is 1. The number of carbonyl (C=O) groups excluding carboxylic acids is 1. The lowest BCUT2D eigenvalue weighted by Gasteiger charge is -2.45. The average Bonchev–Trinajstić information content (AvgIpc) is 2.72. The van der Waals surface area contributed by atoms with E-state index in [1.807, 2.05) is 40.1 Å². The van der Waals surface area contributed by atoms with Crippen LogP contribution in [-0.4, -0.2) is 48.7 Å². The lowest BCUT2D eigenvalue weighted by Crippen LogP contribution is -2.60. The van der Waals surface area contributed by atoms with E-state index in [9.17, 15) is 14.7 Å². The third kappa shape index (κ3) is 3.73. The molecule has 30 heavy (non-hydrogen) atoms. The van der Waals surface area contributed by atoms with Crippen LogP contribution in [0.3, 0.4) is 0 Å². The summed E-state index contributed by atoms with van der Waals surface area (Å²) in [6.07, 6.45) is -0.324. The number of carbonyl (C=O) groups is 2. The second-order valence-electron chi connectivity index (χ2n) is 8.26. The Labute approximate surface area is 178 Å². The van der Waals surface area contributed by atoms with E-state index >= 15 is 0 Å². The summed E-state index contributed by atoms with van der Waals surface area (Å²) in [5.41, 5.74) is 5.12. The summed E-state index contributed by atoms with van der Waals surface area (Å²) in [5, 5.41) is 12.9. The highest BCUT2D eigenvalue weighted by molar-refractivity contribution is 5.89. The molecule has 1 unspecified atom stereocenters. The van der Waals surface area contributed by atoms with Gasteiger partial charge in [0.05, 0.1) is 26.1 Å². The monoisotopic (exact) mass is 410 g/mol. The zero-order valence-electron chi connectivity index (χ0n) is 18.5. The van der Waals surface area contributed by atoms with E-state index < -0.39 is 6.09 Å². The van der Waals surface area contributed by atoms with Crippen molar-refractivity contribution in [1.29, 1.82) is 0 Å². The first-order valence-electron chi connectivity index (χ1n) is 10.5. The molecule has 0 aromatic heterocycles. The average molecular weight is 411 g/mol. The van der Waals surface area contributed by atoms with Gasteiger partial charge in [0.25, 0.3) is 0 Å². The number of benzene rings is 2. The van der Waals surface area contributed by atoms with Crippen molar-refractivity contribution >= 4 is 17.7 Å². The van der Waals surface area contributed by atoms with Gasteiger partial charge in [-0.25, -0.2) is 14.1 Å². The quantitative estimate of drug-likeness (QED) is 0.718. The molecule has 2 aromatic carbocycles. The molecule has 6 nitrogen and oxygen atoms in total. The summed E-state index contributed by atoms with van der Waals surface area (Å²) in [6.45, 7) is 6.71. The van der Waals surface area contributed by atoms with E-state index in [0.717, 1.165) is 28.9 Å². The maximum Gasteiger partial charge on any atom is 0.407 e. The molecule has 3 atom stereocenters. The zero-order valence-corrected chi connectivity index (χ0v) is 18.5. The number of quaternary nitrogens is 1. The molecule has 0 fully saturated rings. The van der Waals surface area contributed by atoms with Gasteiger partial charge in [-0.15, -0.1) is 0 Å². The number of nitrogens with zero attached hydrogens (tertiary/aromatic N) is 2. The maximum absolute atomic E-state index is 12.7. The number of nitrogens with one attached hydrogen (secondary N) is 1. The summed E-state index contributed by atoms with van der Waals surface area (Å²) in [4.78, 5) is 26.1.